The van der Waals surface area contributed by atoms with Gasteiger partial charge in [-0.25, -0.2) is 5.43 Å². The lowest BCUT2D eigenvalue weighted by Crippen LogP contribution is -2.42. The lowest BCUT2D eigenvalue weighted by molar-refractivity contribution is -0.126. The first-order chi connectivity index (χ1) is 13.5. The second-order valence-corrected chi connectivity index (χ2v) is 7.33. The number of carbonyl (C=O) groups excluding carboxylic acids is 2. The largest absolute Gasteiger partial charge is 0.507 e. The Bertz CT molecular complexity index is 909. The number of benzene rings is 2. The maximum atomic E-state index is 12.6. The van der Waals surface area contributed by atoms with Crippen LogP contribution in [0.4, 0.5) is 0 Å². The molecule has 2 N–H and O–H groups in total. The standard InChI is InChI=1S/C20H19Cl2N3O3/c21-15-5-6-16(17(22)11-15)20(28)25-9-7-13(8-10-25)19(27)24-23-12-14-3-1-2-4-18(14)26/h1-6,11-13,26H,7-10H2,(H,24,27)/b23-12-. The molecule has 28 heavy (non-hydrogen) atoms. The van der Waals surface area contributed by atoms with Crippen LogP contribution >= 0.6 is 23.2 Å². The average molecular weight is 420 g/mol. The Morgan fingerprint density at radius 3 is 2.54 bits per heavy atom. The molecule has 1 aliphatic heterocycles. The van der Waals surface area contributed by atoms with Crippen molar-refractivity contribution in [3.05, 3.63) is 63.6 Å². The van der Waals surface area contributed by atoms with Gasteiger partial charge in [-0.05, 0) is 43.2 Å². The molecule has 146 valence electrons. The molecule has 0 aromatic heterocycles. The van der Waals surface area contributed by atoms with Gasteiger partial charge in [0, 0.05) is 29.6 Å². The minimum Gasteiger partial charge on any atom is -0.507 e. The van der Waals surface area contributed by atoms with Crippen LogP contribution in [0.3, 0.4) is 0 Å². The van der Waals surface area contributed by atoms with Crippen LogP contribution in [-0.4, -0.2) is 41.1 Å². The van der Waals surface area contributed by atoms with E-state index in [-0.39, 0.29) is 23.5 Å². The van der Waals surface area contributed by atoms with E-state index in [9.17, 15) is 14.7 Å². The smallest absolute Gasteiger partial charge is 0.255 e. The third-order valence-corrected chi connectivity index (χ3v) is 5.18. The summed E-state index contributed by atoms with van der Waals surface area (Å²) in [5.41, 5.74) is 3.42. The molecule has 0 saturated carbocycles. The number of hydrogen-bond acceptors (Lipinski definition) is 4. The van der Waals surface area contributed by atoms with Crippen molar-refractivity contribution < 1.29 is 14.7 Å². The third kappa shape index (κ3) is 4.82. The molecule has 8 heteroatoms. The number of rotatable bonds is 4. The van der Waals surface area contributed by atoms with Gasteiger partial charge in [0.2, 0.25) is 5.91 Å². The van der Waals surface area contributed by atoms with E-state index in [1.807, 2.05) is 0 Å². The molecular weight excluding hydrogens is 401 g/mol. The Morgan fingerprint density at radius 2 is 1.86 bits per heavy atom. The molecule has 2 aromatic rings. The molecule has 0 unspecified atom stereocenters. The second-order valence-electron chi connectivity index (χ2n) is 6.48. The highest BCUT2D eigenvalue weighted by molar-refractivity contribution is 6.36. The van der Waals surface area contributed by atoms with E-state index in [1.54, 1.807) is 47.4 Å². The van der Waals surface area contributed by atoms with Crippen LogP contribution < -0.4 is 5.43 Å². The van der Waals surface area contributed by atoms with Crippen molar-refractivity contribution in [3.63, 3.8) is 0 Å². The van der Waals surface area contributed by atoms with Crippen molar-refractivity contribution >= 4 is 41.2 Å². The molecule has 1 saturated heterocycles. The Kier molecular flexibility index (Phi) is 6.54. The fourth-order valence-corrected chi connectivity index (χ4v) is 3.52. The molecule has 6 nitrogen and oxygen atoms in total. The number of aromatic hydroxyl groups is 1. The number of hydrogen-bond donors (Lipinski definition) is 2. The van der Waals surface area contributed by atoms with Crippen molar-refractivity contribution in [2.75, 3.05) is 13.1 Å². The van der Waals surface area contributed by atoms with Crippen LogP contribution in [0.2, 0.25) is 10.0 Å². The number of carbonyl (C=O) groups is 2. The summed E-state index contributed by atoms with van der Waals surface area (Å²) in [5, 5.41) is 14.4. The Morgan fingerprint density at radius 1 is 1.14 bits per heavy atom. The van der Waals surface area contributed by atoms with E-state index in [0.29, 0.717) is 47.1 Å². The van der Waals surface area contributed by atoms with Crippen LogP contribution in [0.1, 0.15) is 28.8 Å². The first kappa shape index (κ1) is 20.2. The lowest BCUT2D eigenvalue weighted by Gasteiger charge is -2.31. The summed E-state index contributed by atoms with van der Waals surface area (Å²) >= 11 is 12.0. The van der Waals surface area contributed by atoms with Crippen LogP contribution in [0, 0.1) is 5.92 Å². The van der Waals surface area contributed by atoms with E-state index in [0.717, 1.165) is 0 Å². The summed E-state index contributed by atoms with van der Waals surface area (Å²) in [5.74, 6) is -0.513. The zero-order valence-corrected chi connectivity index (χ0v) is 16.5. The van der Waals surface area contributed by atoms with Gasteiger partial charge in [0.05, 0.1) is 16.8 Å². The summed E-state index contributed by atoms with van der Waals surface area (Å²) in [4.78, 5) is 26.6. The van der Waals surface area contributed by atoms with E-state index >= 15 is 0 Å². The lowest BCUT2D eigenvalue weighted by atomic mass is 9.95. The van der Waals surface area contributed by atoms with Gasteiger partial charge < -0.3 is 10.0 Å². The number of hydrazone groups is 1. The minimum atomic E-state index is -0.230. The molecule has 0 spiro atoms. The number of nitrogens with zero attached hydrogens (tertiary/aromatic N) is 2. The molecule has 1 heterocycles. The van der Waals surface area contributed by atoms with Gasteiger partial charge in [-0.2, -0.15) is 5.10 Å². The summed E-state index contributed by atoms with van der Waals surface area (Å²) in [6.07, 6.45) is 2.47. The molecule has 0 radical (unpaired) electrons. The fourth-order valence-electron chi connectivity index (χ4n) is 3.03. The van der Waals surface area contributed by atoms with Crippen molar-refractivity contribution in [2.45, 2.75) is 12.8 Å². The first-order valence-electron chi connectivity index (χ1n) is 8.81. The second kappa shape index (κ2) is 9.08. The number of nitrogens with one attached hydrogen (secondary N) is 1. The minimum absolute atomic E-state index is 0.0909. The van der Waals surface area contributed by atoms with Gasteiger partial charge in [0.25, 0.3) is 5.91 Å². The highest BCUT2D eigenvalue weighted by Crippen LogP contribution is 2.25. The highest BCUT2D eigenvalue weighted by Gasteiger charge is 2.28. The maximum Gasteiger partial charge on any atom is 0.255 e. The van der Waals surface area contributed by atoms with Gasteiger partial charge in [-0.1, -0.05) is 35.3 Å². The Balaban J connectivity index is 1.52. The topological polar surface area (TPSA) is 82.0 Å². The molecule has 1 fully saturated rings. The summed E-state index contributed by atoms with van der Waals surface area (Å²) in [6.45, 7) is 0.915. The molecule has 0 atom stereocenters. The predicted molar refractivity (Wildman–Crippen MR) is 109 cm³/mol. The molecule has 3 rings (SSSR count). The predicted octanol–water partition coefficient (Wildman–Crippen LogP) is 3.70. The molecule has 0 aliphatic carbocycles. The molecule has 2 aromatic carbocycles. The summed E-state index contributed by atoms with van der Waals surface area (Å²) in [6, 6.07) is 11.5. The summed E-state index contributed by atoms with van der Waals surface area (Å²) < 4.78 is 0. The van der Waals surface area contributed by atoms with Gasteiger partial charge in [-0.15, -0.1) is 0 Å². The van der Waals surface area contributed by atoms with Crippen LogP contribution in [0.25, 0.3) is 0 Å². The van der Waals surface area contributed by atoms with Gasteiger partial charge in [0.1, 0.15) is 5.75 Å². The molecule has 2 amide bonds. The maximum absolute atomic E-state index is 12.6. The van der Waals surface area contributed by atoms with E-state index < -0.39 is 0 Å². The van der Waals surface area contributed by atoms with Gasteiger partial charge in [0.15, 0.2) is 0 Å². The van der Waals surface area contributed by atoms with E-state index in [2.05, 4.69) is 10.5 Å². The van der Waals surface area contributed by atoms with Crippen molar-refractivity contribution in [2.24, 2.45) is 11.0 Å². The highest BCUT2D eigenvalue weighted by atomic mass is 35.5. The van der Waals surface area contributed by atoms with Gasteiger partial charge >= 0.3 is 0 Å². The van der Waals surface area contributed by atoms with Crippen LogP contribution in [0.15, 0.2) is 47.6 Å². The number of piperidine rings is 1. The normalized spacial score (nSPS) is 15.0. The van der Waals surface area contributed by atoms with Crippen molar-refractivity contribution in [1.82, 2.24) is 10.3 Å². The number of halogens is 2. The Labute approximate surface area is 172 Å². The molecule has 0 bridgehead atoms. The zero-order chi connectivity index (χ0) is 20.1. The summed E-state index contributed by atoms with van der Waals surface area (Å²) in [7, 11) is 0. The first-order valence-corrected chi connectivity index (χ1v) is 9.56. The fraction of sp³-hybridized carbons (Fsp3) is 0.250. The quantitative estimate of drug-likeness (QED) is 0.585. The van der Waals surface area contributed by atoms with Crippen molar-refractivity contribution in [1.29, 1.82) is 0 Å². The van der Waals surface area contributed by atoms with Gasteiger partial charge in [-0.3, -0.25) is 9.59 Å². The Hall–Kier alpha value is -2.57. The van der Waals surface area contributed by atoms with Crippen LogP contribution in [0.5, 0.6) is 5.75 Å². The van der Waals surface area contributed by atoms with Crippen LogP contribution in [-0.2, 0) is 4.79 Å². The number of para-hydroxylation sites is 1. The number of amides is 2. The third-order valence-electron chi connectivity index (χ3n) is 4.63. The molecule has 1 aliphatic rings. The zero-order valence-electron chi connectivity index (χ0n) is 14.9. The monoisotopic (exact) mass is 419 g/mol. The number of likely N-dealkylation sites (tertiary alicyclic amines) is 1. The molecular formula is C20H19Cl2N3O3. The number of phenolic OH excluding ortho intramolecular Hbond substituents is 1. The average Bonchev–Trinajstić information content (AvgIpc) is 2.69. The number of phenols is 1. The van der Waals surface area contributed by atoms with E-state index in [1.165, 1.54) is 6.21 Å². The SMILES string of the molecule is O=C(N/N=C\c1ccccc1O)C1CCN(C(=O)c2ccc(Cl)cc2Cl)CC1. The van der Waals surface area contributed by atoms with E-state index in [4.69, 9.17) is 23.2 Å². The van der Waals surface area contributed by atoms with Crippen molar-refractivity contribution in [3.8, 4) is 5.75 Å².